The zero-order valence-corrected chi connectivity index (χ0v) is 11.3. The molecule has 0 amide bonds. The molecule has 0 radical (unpaired) electrons. The molecule has 0 saturated carbocycles. The number of morpholine rings is 1. The number of rotatable bonds is 1. The van der Waals surface area contributed by atoms with Crippen LogP contribution in [0.15, 0.2) is 0 Å². The molecule has 2 unspecified atom stereocenters. The molecule has 1 spiro atoms. The van der Waals surface area contributed by atoms with Gasteiger partial charge in [-0.3, -0.25) is 4.90 Å². The second-order valence-corrected chi connectivity index (χ2v) is 5.77. The van der Waals surface area contributed by atoms with Crippen LogP contribution in [0, 0.1) is 11.3 Å². The highest BCUT2D eigenvalue weighted by molar-refractivity contribution is 4.96. The van der Waals surface area contributed by atoms with E-state index in [1.54, 1.807) is 0 Å². The van der Waals surface area contributed by atoms with Crippen molar-refractivity contribution in [3.63, 3.8) is 0 Å². The molecule has 19 heavy (non-hydrogen) atoms. The van der Waals surface area contributed by atoms with Crippen molar-refractivity contribution in [3.05, 3.63) is 0 Å². The third kappa shape index (κ3) is 2.92. The number of nitriles is 1. The largest absolute Gasteiger partial charge is 0.381 e. The van der Waals surface area contributed by atoms with Crippen LogP contribution in [0.2, 0.25) is 0 Å². The molecule has 0 aromatic carbocycles. The lowest BCUT2D eigenvalue weighted by molar-refractivity contribution is -0.157. The second kappa shape index (κ2) is 5.76. The molecule has 0 N–H and O–H groups in total. The first-order valence-corrected chi connectivity index (χ1v) is 7.28. The van der Waals surface area contributed by atoms with Gasteiger partial charge in [0.15, 0.2) is 6.10 Å². The topological polar surface area (TPSA) is 54.7 Å². The fraction of sp³-hybridized carbons (Fsp3) is 0.929. The van der Waals surface area contributed by atoms with Crippen LogP contribution in [0.5, 0.6) is 0 Å². The first-order valence-electron chi connectivity index (χ1n) is 7.28. The Balaban J connectivity index is 1.63. The molecular formula is C14H22N2O3. The second-order valence-electron chi connectivity index (χ2n) is 5.77. The third-order valence-corrected chi connectivity index (χ3v) is 4.63. The average molecular weight is 266 g/mol. The minimum absolute atomic E-state index is 0.0294. The molecule has 3 saturated heterocycles. The van der Waals surface area contributed by atoms with Gasteiger partial charge in [0.1, 0.15) is 0 Å². The lowest BCUT2D eigenvalue weighted by Gasteiger charge is -2.47. The summed E-state index contributed by atoms with van der Waals surface area (Å²) in [4.78, 5) is 2.43. The Morgan fingerprint density at radius 2 is 2.00 bits per heavy atom. The first kappa shape index (κ1) is 13.3. The number of nitrogens with zero attached hydrogens (tertiary/aromatic N) is 2. The summed E-state index contributed by atoms with van der Waals surface area (Å²) < 4.78 is 17.0. The van der Waals surface area contributed by atoms with Crippen LogP contribution in [0.25, 0.3) is 0 Å². The van der Waals surface area contributed by atoms with Crippen molar-refractivity contribution in [2.45, 2.75) is 43.4 Å². The maximum atomic E-state index is 9.01. The molecule has 0 aliphatic carbocycles. The smallest absolute Gasteiger partial charge is 0.156 e. The van der Waals surface area contributed by atoms with Gasteiger partial charge < -0.3 is 14.2 Å². The average Bonchev–Trinajstić information content (AvgIpc) is 2.48. The van der Waals surface area contributed by atoms with E-state index in [0.29, 0.717) is 12.6 Å². The highest BCUT2D eigenvalue weighted by Crippen LogP contribution is 2.36. The standard InChI is InChI=1S/C14H22N2O3/c15-10-13-11-16(4-8-18-13)12-1-5-19-14(9-12)2-6-17-7-3-14/h12-13H,1-9,11H2. The van der Waals surface area contributed by atoms with Gasteiger partial charge in [-0.25, -0.2) is 0 Å². The maximum Gasteiger partial charge on any atom is 0.156 e. The summed E-state index contributed by atoms with van der Waals surface area (Å²) in [5, 5.41) is 9.01. The van der Waals surface area contributed by atoms with Gasteiger partial charge in [-0.2, -0.15) is 5.26 Å². The Morgan fingerprint density at radius 3 is 2.79 bits per heavy atom. The molecule has 2 atom stereocenters. The number of hydrogen-bond donors (Lipinski definition) is 0. The van der Waals surface area contributed by atoms with Gasteiger partial charge in [-0.1, -0.05) is 0 Å². The Morgan fingerprint density at radius 1 is 1.16 bits per heavy atom. The van der Waals surface area contributed by atoms with Crippen LogP contribution in [0.1, 0.15) is 25.7 Å². The molecule has 3 heterocycles. The quantitative estimate of drug-likeness (QED) is 0.707. The molecule has 0 aromatic heterocycles. The summed E-state index contributed by atoms with van der Waals surface area (Å²) in [7, 11) is 0. The van der Waals surface area contributed by atoms with E-state index in [2.05, 4.69) is 11.0 Å². The summed E-state index contributed by atoms with van der Waals surface area (Å²) in [6.45, 7) is 4.82. The molecule has 0 bridgehead atoms. The Bertz CT molecular complexity index is 344. The summed E-state index contributed by atoms with van der Waals surface area (Å²) in [5.74, 6) is 0. The van der Waals surface area contributed by atoms with Gasteiger partial charge >= 0.3 is 0 Å². The third-order valence-electron chi connectivity index (χ3n) is 4.63. The van der Waals surface area contributed by atoms with Crippen LogP contribution >= 0.6 is 0 Å². The van der Waals surface area contributed by atoms with E-state index < -0.39 is 0 Å². The minimum atomic E-state index is -0.262. The SMILES string of the molecule is N#CC1CN(C2CCOC3(CCOCC3)C2)CCO1. The van der Waals surface area contributed by atoms with E-state index >= 15 is 0 Å². The molecule has 106 valence electrons. The van der Waals surface area contributed by atoms with Gasteiger partial charge in [-0.15, -0.1) is 0 Å². The van der Waals surface area contributed by atoms with Crippen molar-refractivity contribution < 1.29 is 14.2 Å². The Labute approximate surface area is 114 Å². The molecular weight excluding hydrogens is 244 g/mol. The number of ether oxygens (including phenoxy) is 3. The fourth-order valence-electron chi connectivity index (χ4n) is 3.48. The van der Waals surface area contributed by atoms with Gasteiger partial charge in [0.25, 0.3) is 0 Å². The minimum Gasteiger partial charge on any atom is -0.381 e. The molecule has 5 heteroatoms. The molecule has 3 rings (SSSR count). The van der Waals surface area contributed by atoms with Crippen molar-refractivity contribution >= 4 is 0 Å². The highest BCUT2D eigenvalue weighted by Gasteiger charge is 2.41. The predicted molar refractivity (Wildman–Crippen MR) is 68.7 cm³/mol. The van der Waals surface area contributed by atoms with Crippen LogP contribution < -0.4 is 0 Å². The van der Waals surface area contributed by atoms with Gasteiger partial charge in [0.2, 0.25) is 0 Å². The van der Waals surface area contributed by atoms with E-state index in [9.17, 15) is 0 Å². The van der Waals surface area contributed by atoms with Crippen molar-refractivity contribution in [1.29, 1.82) is 5.26 Å². The van der Waals surface area contributed by atoms with Crippen molar-refractivity contribution in [3.8, 4) is 6.07 Å². The lowest BCUT2D eigenvalue weighted by Crippen LogP contribution is -2.54. The molecule has 3 fully saturated rings. The molecule has 5 nitrogen and oxygen atoms in total. The van der Waals surface area contributed by atoms with Gasteiger partial charge in [-0.05, 0) is 25.7 Å². The van der Waals surface area contributed by atoms with E-state index in [1.807, 2.05) is 0 Å². The summed E-state index contributed by atoms with van der Waals surface area (Å²) in [5.41, 5.74) is 0.0294. The van der Waals surface area contributed by atoms with Crippen molar-refractivity contribution in [2.24, 2.45) is 0 Å². The van der Waals surface area contributed by atoms with E-state index in [0.717, 1.165) is 58.6 Å². The summed E-state index contributed by atoms with van der Waals surface area (Å²) >= 11 is 0. The summed E-state index contributed by atoms with van der Waals surface area (Å²) in [6, 6.07) is 2.76. The van der Waals surface area contributed by atoms with Gasteiger partial charge in [0.05, 0.1) is 18.3 Å². The van der Waals surface area contributed by atoms with E-state index in [4.69, 9.17) is 19.5 Å². The van der Waals surface area contributed by atoms with E-state index in [-0.39, 0.29) is 11.7 Å². The normalized spacial score (nSPS) is 35.9. The maximum absolute atomic E-state index is 9.01. The zero-order chi connectivity index (χ0) is 13.1. The Kier molecular flexibility index (Phi) is 4.04. The first-order chi connectivity index (χ1) is 9.31. The predicted octanol–water partition coefficient (Wildman–Crippen LogP) is 0.939. The monoisotopic (exact) mass is 266 g/mol. The number of hydrogen-bond acceptors (Lipinski definition) is 5. The van der Waals surface area contributed by atoms with Crippen LogP contribution in [-0.2, 0) is 14.2 Å². The zero-order valence-electron chi connectivity index (χ0n) is 11.3. The van der Waals surface area contributed by atoms with Crippen molar-refractivity contribution in [2.75, 3.05) is 39.5 Å². The molecule has 0 aromatic rings. The van der Waals surface area contributed by atoms with Crippen LogP contribution in [0.3, 0.4) is 0 Å². The van der Waals surface area contributed by atoms with Crippen LogP contribution in [-0.4, -0.2) is 62.2 Å². The fourth-order valence-corrected chi connectivity index (χ4v) is 3.48. The highest BCUT2D eigenvalue weighted by atomic mass is 16.5. The van der Waals surface area contributed by atoms with Crippen LogP contribution in [0.4, 0.5) is 0 Å². The van der Waals surface area contributed by atoms with Crippen molar-refractivity contribution in [1.82, 2.24) is 4.90 Å². The van der Waals surface area contributed by atoms with E-state index in [1.165, 1.54) is 0 Å². The molecule has 3 aliphatic rings. The van der Waals surface area contributed by atoms with Gasteiger partial charge in [0, 0.05) is 39.0 Å². The Hall–Kier alpha value is -0.670. The summed E-state index contributed by atoms with van der Waals surface area (Å²) in [6.07, 6.45) is 3.91. The molecule has 3 aliphatic heterocycles. The lowest BCUT2D eigenvalue weighted by atomic mass is 9.83.